The van der Waals surface area contributed by atoms with E-state index in [9.17, 15) is 13.2 Å². The summed E-state index contributed by atoms with van der Waals surface area (Å²) in [6.07, 6.45) is 5.72. The predicted molar refractivity (Wildman–Crippen MR) is 114 cm³/mol. The molecule has 5 rings (SSSR count). The van der Waals surface area contributed by atoms with Crippen LogP contribution in [0, 0.1) is 23.7 Å². The molecule has 5 N–H and O–H groups in total. The normalized spacial score (nSPS) is 33.5. The summed E-state index contributed by atoms with van der Waals surface area (Å²) in [5.74, 6) is 1.99. The minimum Gasteiger partial charge on any atom is -0.480 e. The number of rotatable bonds is 9. The van der Waals surface area contributed by atoms with Crippen LogP contribution in [0.1, 0.15) is 49.1 Å². The van der Waals surface area contributed by atoms with Crippen LogP contribution in [0.5, 0.6) is 0 Å². The Kier molecular flexibility index (Phi) is 6.21. The largest absolute Gasteiger partial charge is 0.480 e. The SMILES string of the molecule is N[C@@H](Cc1ccc(C2C3CC4CC(C3)C(NCCCS(=O)(=O)O)C2C4)cc1)C(=O)O. The van der Waals surface area contributed by atoms with Crippen LogP contribution in [-0.2, 0) is 21.3 Å². The fraction of sp³-hybridized carbons (Fsp3) is 0.682. The van der Waals surface area contributed by atoms with Gasteiger partial charge in [0.15, 0.2) is 0 Å². The molecule has 1 aromatic carbocycles. The van der Waals surface area contributed by atoms with Gasteiger partial charge in [-0.2, -0.15) is 8.42 Å². The van der Waals surface area contributed by atoms with Gasteiger partial charge in [0, 0.05) is 6.04 Å². The Labute approximate surface area is 178 Å². The van der Waals surface area contributed by atoms with Crippen molar-refractivity contribution in [3.8, 4) is 0 Å². The summed E-state index contributed by atoms with van der Waals surface area (Å²) in [6, 6.07) is 7.83. The van der Waals surface area contributed by atoms with Crippen LogP contribution in [0.25, 0.3) is 0 Å². The van der Waals surface area contributed by atoms with Crippen LogP contribution >= 0.6 is 0 Å². The van der Waals surface area contributed by atoms with Gasteiger partial charge in [-0.3, -0.25) is 9.35 Å². The predicted octanol–water partition coefficient (Wildman–Crippen LogP) is 2.03. The van der Waals surface area contributed by atoms with Crippen molar-refractivity contribution in [2.24, 2.45) is 29.4 Å². The van der Waals surface area contributed by atoms with Gasteiger partial charge in [0.05, 0.1) is 5.75 Å². The number of carboxylic acids is 1. The summed E-state index contributed by atoms with van der Waals surface area (Å²) in [5, 5.41) is 12.7. The summed E-state index contributed by atoms with van der Waals surface area (Å²) in [5.41, 5.74) is 7.93. The van der Waals surface area contributed by atoms with Crippen molar-refractivity contribution in [2.75, 3.05) is 12.3 Å². The summed E-state index contributed by atoms with van der Waals surface area (Å²) < 4.78 is 30.9. The first-order chi connectivity index (χ1) is 14.2. The van der Waals surface area contributed by atoms with E-state index in [4.69, 9.17) is 15.4 Å². The zero-order valence-corrected chi connectivity index (χ0v) is 17.9. The molecule has 0 aromatic heterocycles. The van der Waals surface area contributed by atoms with E-state index in [1.807, 2.05) is 12.1 Å². The van der Waals surface area contributed by atoms with E-state index in [1.165, 1.54) is 31.2 Å². The highest BCUT2D eigenvalue weighted by molar-refractivity contribution is 7.85. The number of hydrogen-bond donors (Lipinski definition) is 4. The van der Waals surface area contributed by atoms with Crippen LogP contribution in [0.2, 0.25) is 0 Å². The molecule has 0 radical (unpaired) electrons. The van der Waals surface area contributed by atoms with Crippen molar-refractivity contribution in [3.05, 3.63) is 35.4 Å². The fourth-order valence-corrected chi connectivity index (χ4v) is 7.00. The highest BCUT2D eigenvalue weighted by atomic mass is 32.2. The number of hydrogen-bond acceptors (Lipinski definition) is 5. The zero-order chi connectivity index (χ0) is 21.5. The van der Waals surface area contributed by atoms with Gasteiger partial charge in [-0.05, 0) is 85.8 Å². The quantitative estimate of drug-likeness (QED) is 0.344. The molecule has 0 aliphatic heterocycles. The molecule has 1 aromatic rings. The van der Waals surface area contributed by atoms with Crippen molar-refractivity contribution in [1.29, 1.82) is 0 Å². The smallest absolute Gasteiger partial charge is 0.320 e. The Bertz CT molecular complexity index is 872. The Hall–Kier alpha value is -1.48. The molecule has 4 fully saturated rings. The van der Waals surface area contributed by atoms with E-state index < -0.39 is 22.1 Å². The summed E-state index contributed by atoms with van der Waals surface area (Å²) >= 11 is 0. The second-order valence-corrected chi connectivity index (χ2v) is 11.1. The average Bonchev–Trinajstić information content (AvgIpc) is 2.66. The molecular formula is C22H32N2O5S. The molecule has 6 unspecified atom stereocenters. The van der Waals surface area contributed by atoms with Gasteiger partial charge < -0.3 is 16.2 Å². The van der Waals surface area contributed by atoms with Crippen molar-refractivity contribution < 1.29 is 22.9 Å². The molecule has 0 amide bonds. The van der Waals surface area contributed by atoms with E-state index in [2.05, 4.69) is 17.4 Å². The topological polar surface area (TPSA) is 130 Å². The second kappa shape index (κ2) is 8.57. The molecule has 4 aliphatic carbocycles. The maximum Gasteiger partial charge on any atom is 0.320 e. The van der Waals surface area contributed by atoms with Gasteiger partial charge in [0.25, 0.3) is 10.1 Å². The van der Waals surface area contributed by atoms with Gasteiger partial charge in [-0.15, -0.1) is 0 Å². The number of nitrogens with two attached hydrogens (primary N) is 1. The minimum atomic E-state index is -3.91. The van der Waals surface area contributed by atoms with Crippen molar-refractivity contribution in [1.82, 2.24) is 5.32 Å². The molecule has 30 heavy (non-hydrogen) atoms. The van der Waals surface area contributed by atoms with Crippen molar-refractivity contribution in [3.63, 3.8) is 0 Å². The molecule has 8 heteroatoms. The molecular weight excluding hydrogens is 404 g/mol. The number of benzene rings is 1. The highest BCUT2D eigenvalue weighted by Gasteiger charge is 2.53. The Balaban J connectivity index is 1.45. The maximum atomic E-state index is 11.0. The summed E-state index contributed by atoms with van der Waals surface area (Å²) in [7, 11) is -3.91. The lowest BCUT2D eigenvalue weighted by Gasteiger charge is -2.59. The summed E-state index contributed by atoms with van der Waals surface area (Å²) in [4.78, 5) is 11.0. The summed E-state index contributed by atoms with van der Waals surface area (Å²) in [6.45, 7) is 0.603. The van der Waals surface area contributed by atoms with Gasteiger partial charge in [0.1, 0.15) is 6.04 Å². The highest BCUT2D eigenvalue weighted by Crippen LogP contribution is 2.59. The molecule has 166 valence electrons. The van der Waals surface area contributed by atoms with Crippen LogP contribution < -0.4 is 11.1 Å². The third kappa shape index (κ3) is 4.72. The van der Waals surface area contributed by atoms with Gasteiger partial charge in [-0.25, -0.2) is 0 Å². The molecule has 4 saturated carbocycles. The van der Waals surface area contributed by atoms with E-state index >= 15 is 0 Å². The Morgan fingerprint density at radius 3 is 2.50 bits per heavy atom. The number of carbonyl (C=O) groups is 1. The first kappa shape index (κ1) is 21.7. The van der Waals surface area contributed by atoms with Crippen LogP contribution in [0.15, 0.2) is 24.3 Å². The standard InChI is InChI=1S/C22H32N2O5S/c23-19(22(25)26)11-13-2-4-15(5-3-13)20-16-8-14-9-17(12-16)21(18(20)10-14)24-6-1-7-30(27,28)29/h2-5,14,16-21,24H,1,6-12,23H2,(H,25,26)(H,27,28,29)/t14?,16?,17?,18?,19-,20?,21?/m0/s1. The molecule has 0 spiro atoms. The lowest BCUT2D eigenvalue weighted by molar-refractivity contribution is -0.138. The number of carboxylic acid groups (broad SMARTS) is 1. The lowest BCUT2D eigenvalue weighted by atomic mass is 9.49. The fourth-order valence-electron chi connectivity index (χ4n) is 6.49. The Morgan fingerprint density at radius 1 is 1.13 bits per heavy atom. The Morgan fingerprint density at radius 2 is 1.83 bits per heavy atom. The van der Waals surface area contributed by atoms with Crippen molar-refractivity contribution in [2.45, 2.75) is 56.5 Å². The third-order valence-corrected chi connectivity index (χ3v) is 8.32. The van der Waals surface area contributed by atoms with Gasteiger partial charge >= 0.3 is 5.97 Å². The monoisotopic (exact) mass is 436 g/mol. The van der Waals surface area contributed by atoms with E-state index in [0.29, 0.717) is 49.1 Å². The van der Waals surface area contributed by atoms with Gasteiger partial charge in [-0.1, -0.05) is 24.3 Å². The molecule has 4 aliphatic rings. The molecule has 0 saturated heterocycles. The van der Waals surface area contributed by atoms with E-state index in [0.717, 1.165) is 11.5 Å². The number of aliphatic carboxylic acids is 1. The molecule has 7 atom stereocenters. The lowest BCUT2D eigenvalue weighted by Crippen LogP contribution is -2.57. The minimum absolute atomic E-state index is 0.198. The number of nitrogens with one attached hydrogen (secondary N) is 1. The molecule has 4 bridgehead atoms. The third-order valence-electron chi connectivity index (χ3n) is 7.52. The van der Waals surface area contributed by atoms with Gasteiger partial charge in [0.2, 0.25) is 0 Å². The molecule has 0 heterocycles. The molecule has 7 nitrogen and oxygen atoms in total. The average molecular weight is 437 g/mol. The maximum absolute atomic E-state index is 11.0. The van der Waals surface area contributed by atoms with Crippen LogP contribution in [-0.4, -0.2) is 48.4 Å². The van der Waals surface area contributed by atoms with E-state index in [1.54, 1.807) is 0 Å². The second-order valence-electron chi connectivity index (χ2n) is 9.53. The first-order valence-corrected chi connectivity index (χ1v) is 12.6. The van der Waals surface area contributed by atoms with Crippen LogP contribution in [0.4, 0.5) is 0 Å². The zero-order valence-electron chi connectivity index (χ0n) is 17.1. The van der Waals surface area contributed by atoms with Crippen molar-refractivity contribution >= 4 is 16.1 Å². The van der Waals surface area contributed by atoms with Crippen LogP contribution in [0.3, 0.4) is 0 Å². The van der Waals surface area contributed by atoms with E-state index in [-0.39, 0.29) is 5.75 Å². The first-order valence-electron chi connectivity index (χ1n) is 11.0.